The number of anilines is 1. The van der Waals surface area contributed by atoms with E-state index in [-0.39, 0.29) is 16.3 Å². The SMILES string of the molecule is CCN(CC)S(=O)(=O)c1cc(-c2c(C(=O)Nc3cc(C)ccc3C)nn3c(C)cc(C)nc23)ccc1OC. The highest BCUT2D eigenvalue weighted by atomic mass is 32.2. The highest BCUT2D eigenvalue weighted by molar-refractivity contribution is 7.89. The first-order valence-electron chi connectivity index (χ1n) is 12.5. The van der Waals surface area contributed by atoms with Crippen LogP contribution in [-0.4, -0.2) is 53.4 Å². The van der Waals surface area contributed by atoms with Crippen molar-refractivity contribution in [3.63, 3.8) is 0 Å². The molecule has 200 valence electrons. The molecular weight excluding hydrogens is 502 g/mol. The highest BCUT2D eigenvalue weighted by Gasteiger charge is 2.29. The van der Waals surface area contributed by atoms with E-state index in [1.54, 1.807) is 30.5 Å². The van der Waals surface area contributed by atoms with Crippen LogP contribution >= 0.6 is 0 Å². The predicted octanol–water partition coefficient (Wildman–Crippen LogP) is 4.92. The second-order valence-electron chi connectivity index (χ2n) is 9.23. The summed E-state index contributed by atoms with van der Waals surface area (Å²) in [6, 6.07) is 12.6. The summed E-state index contributed by atoms with van der Waals surface area (Å²) in [4.78, 5) is 18.4. The first kappa shape index (κ1) is 27.3. The molecule has 1 amide bonds. The standard InChI is InChI=1S/C28H33N5O4S/c1-8-32(9-2)38(35,36)24-16-21(12-13-23(24)37-7)25-26(31-33-20(6)15-19(5)29-27(25)33)28(34)30-22-14-17(3)10-11-18(22)4/h10-16H,8-9H2,1-7H3,(H,30,34). The minimum absolute atomic E-state index is 0.0193. The summed E-state index contributed by atoms with van der Waals surface area (Å²) >= 11 is 0. The van der Waals surface area contributed by atoms with Gasteiger partial charge in [-0.15, -0.1) is 0 Å². The maximum Gasteiger partial charge on any atom is 0.276 e. The molecule has 2 aromatic carbocycles. The lowest BCUT2D eigenvalue weighted by Gasteiger charge is -2.20. The number of hydrogen-bond acceptors (Lipinski definition) is 6. The minimum atomic E-state index is -3.86. The van der Waals surface area contributed by atoms with Crippen molar-refractivity contribution in [2.24, 2.45) is 0 Å². The summed E-state index contributed by atoms with van der Waals surface area (Å²) in [6.45, 7) is 11.8. The molecule has 0 unspecified atom stereocenters. The highest BCUT2D eigenvalue weighted by Crippen LogP contribution is 2.35. The van der Waals surface area contributed by atoms with Gasteiger partial charge in [0.1, 0.15) is 10.6 Å². The fourth-order valence-electron chi connectivity index (χ4n) is 4.53. The van der Waals surface area contributed by atoms with Gasteiger partial charge in [-0.25, -0.2) is 17.9 Å². The van der Waals surface area contributed by atoms with Crippen molar-refractivity contribution in [3.8, 4) is 16.9 Å². The van der Waals surface area contributed by atoms with Crippen molar-refractivity contribution >= 4 is 27.3 Å². The van der Waals surface area contributed by atoms with Crippen LogP contribution in [0.25, 0.3) is 16.8 Å². The molecule has 38 heavy (non-hydrogen) atoms. The van der Waals surface area contributed by atoms with Crippen LogP contribution in [0.15, 0.2) is 47.4 Å². The summed E-state index contributed by atoms with van der Waals surface area (Å²) in [5, 5.41) is 7.61. The zero-order valence-corrected chi connectivity index (χ0v) is 23.6. The smallest absolute Gasteiger partial charge is 0.276 e. The number of carbonyl (C=O) groups excluding carboxylic acids is 1. The second kappa shape index (κ2) is 10.5. The normalized spacial score (nSPS) is 11.8. The van der Waals surface area contributed by atoms with E-state index in [1.807, 2.05) is 52.0 Å². The third kappa shape index (κ3) is 4.89. The summed E-state index contributed by atoms with van der Waals surface area (Å²) in [7, 11) is -2.43. The number of sulfonamides is 1. The van der Waals surface area contributed by atoms with Crippen LogP contribution in [0, 0.1) is 27.7 Å². The van der Waals surface area contributed by atoms with Gasteiger partial charge in [-0.1, -0.05) is 32.0 Å². The number of ether oxygens (including phenoxy) is 1. The van der Waals surface area contributed by atoms with E-state index in [0.29, 0.717) is 35.6 Å². The molecule has 0 saturated carbocycles. The van der Waals surface area contributed by atoms with Crippen LogP contribution in [0.3, 0.4) is 0 Å². The van der Waals surface area contributed by atoms with E-state index in [9.17, 15) is 13.2 Å². The average molecular weight is 536 g/mol. The third-order valence-electron chi connectivity index (χ3n) is 6.53. The molecule has 0 atom stereocenters. The van der Waals surface area contributed by atoms with Crippen molar-refractivity contribution in [1.29, 1.82) is 0 Å². The molecule has 9 nitrogen and oxygen atoms in total. The first-order chi connectivity index (χ1) is 18.0. The first-order valence-corrected chi connectivity index (χ1v) is 13.9. The van der Waals surface area contributed by atoms with Gasteiger partial charge in [0.05, 0.1) is 12.7 Å². The number of benzene rings is 2. The molecule has 4 rings (SSSR count). The fourth-order valence-corrected chi connectivity index (χ4v) is 6.17. The summed E-state index contributed by atoms with van der Waals surface area (Å²) in [5.74, 6) is -0.195. The minimum Gasteiger partial charge on any atom is -0.495 e. The Morgan fingerprint density at radius 1 is 1.03 bits per heavy atom. The van der Waals surface area contributed by atoms with Crippen LogP contribution in [0.5, 0.6) is 5.75 Å². The third-order valence-corrected chi connectivity index (χ3v) is 8.60. The molecule has 0 spiro atoms. The van der Waals surface area contributed by atoms with Crippen LogP contribution in [0.4, 0.5) is 5.69 Å². The zero-order chi connectivity index (χ0) is 27.8. The van der Waals surface area contributed by atoms with E-state index >= 15 is 0 Å². The Kier molecular flexibility index (Phi) is 7.57. The summed E-state index contributed by atoms with van der Waals surface area (Å²) < 4.78 is 35.5. The van der Waals surface area contributed by atoms with Gasteiger partial charge >= 0.3 is 0 Å². The number of amides is 1. The van der Waals surface area contributed by atoms with E-state index in [4.69, 9.17) is 4.74 Å². The number of rotatable bonds is 8. The van der Waals surface area contributed by atoms with E-state index < -0.39 is 15.9 Å². The van der Waals surface area contributed by atoms with Crippen LogP contribution in [-0.2, 0) is 10.0 Å². The lowest BCUT2D eigenvalue weighted by molar-refractivity contribution is 0.102. The van der Waals surface area contributed by atoms with Crippen molar-refractivity contribution in [2.45, 2.75) is 46.4 Å². The molecule has 2 aromatic heterocycles. The predicted molar refractivity (Wildman–Crippen MR) is 148 cm³/mol. The second-order valence-corrected chi connectivity index (χ2v) is 11.1. The molecule has 0 aliphatic carbocycles. The number of fused-ring (bicyclic) bond motifs is 1. The number of nitrogens with one attached hydrogen (secondary N) is 1. The molecule has 0 aliphatic heterocycles. The van der Waals surface area contributed by atoms with Crippen LogP contribution < -0.4 is 10.1 Å². The zero-order valence-electron chi connectivity index (χ0n) is 22.8. The number of aromatic nitrogens is 3. The van der Waals surface area contributed by atoms with Gasteiger partial charge in [-0.3, -0.25) is 4.79 Å². The van der Waals surface area contributed by atoms with E-state index in [1.165, 1.54) is 17.5 Å². The topological polar surface area (TPSA) is 106 Å². The van der Waals surface area contributed by atoms with E-state index in [2.05, 4.69) is 15.4 Å². The molecule has 10 heteroatoms. The Labute approximate surface area is 223 Å². The molecule has 0 bridgehead atoms. The summed E-state index contributed by atoms with van der Waals surface area (Å²) in [5.41, 5.74) is 5.69. The maximum absolute atomic E-state index is 13.7. The number of nitrogens with zero attached hydrogens (tertiary/aromatic N) is 4. The number of aryl methyl sites for hydroxylation is 4. The Balaban J connectivity index is 1.97. The maximum atomic E-state index is 13.7. The number of methoxy groups -OCH3 is 1. The van der Waals surface area contributed by atoms with Gasteiger partial charge in [0.25, 0.3) is 5.91 Å². The summed E-state index contributed by atoms with van der Waals surface area (Å²) in [6.07, 6.45) is 0. The average Bonchev–Trinajstić information content (AvgIpc) is 3.26. The Morgan fingerprint density at radius 2 is 1.74 bits per heavy atom. The Hall–Kier alpha value is -3.76. The lowest BCUT2D eigenvalue weighted by atomic mass is 10.0. The molecule has 2 heterocycles. The lowest BCUT2D eigenvalue weighted by Crippen LogP contribution is -2.30. The Bertz CT molecular complexity index is 1640. The van der Waals surface area contributed by atoms with Gasteiger partial charge < -0.3 is 10.1 Å². The number of carbonyl (C=O) groups is 1. The van der Waals surface area contributed by atoms with Crippen molar-refractivity contribution < 1.29 is 17.9 Å². The Morgan fingerprint density at radius 3 is 2.39 bits per heavy atom. The van der Waals surface area contributed by atoms with Crippen LogP contribution in [0.1, 0.15) is 46.9 Å². The molecule has 4 aromatic rings. The quantitative estimate of drug-likeness (QED) is 0.343. The molecule has 0 aliphatic rings. The van der Waals surface area contributed by atoms with E-state index in [0.717, 1.165) is 22.5 Å². The number of hydrogen-bond donors (Lipinski definition) is 1. The van der Waals surface area contributed by atoms with Crippen molar-refractivity contribution in [1.82, 2.24) is 18.9 Å². The van der Waals surface area contributed by atoms with Crippen LogP contribution in [0.2, 0.25) is 0 Å². The van der Waals surface area contributed by atoms with Gasteiger partial charge in [0.15, 0.2) is 11.3 Å². The molecular formula is C28H33N5O4S. The molecule has 1 N–H and O–H groups in total. The van der Waals surface area contributed by atoms with Crippen molar-refractivity contribution in [2.75, 3.05) is 25.5 Å². The van der Waals surface area contributed by atoms with Gasteiger partial charge in [0.2, 0.25) is 10.0 Å². The largest absolute Gasteiger partial charge is 0.495 e. The monoisotopic (exact) mass is 535 g/mol. The molecule has 0 fully saturated rings. The van der Waals surface area contributed by atoms with Gasteiger partial charge in [0, 0.05) is 30.2 Å². The fraction of sp³-hybridized carbons (Fsp3) is 0.321. The molecule has 0 saturated heterocycles. The van der Waals surface area contributed by atoms with Crippen molar-refractivity contribution in [3.05, 3.63) is 70.7 Å². The van der Waals surface area contributed by atoms with Gasteiger partial charge in [-0.05, 0) is 68.7 Å². The molecule has 0 radical (unpaired) electrons. The van der Waals surface area contributed by atoms with Gasteiger partial charge in [-0.2, -0.15) is 9.40 Å².